The van der Waals surface area contributed by atoms with Gasteiger partial charge in [0.15, 0.2) is 0 Å². The molecule has 0 atom stereocenters. The fourth-order valence-electron chi connectivity index (χ4n) is 1.33. The molecule has 6 heteroatoms. The number of amides is 2. The zero-order valence-electron chi connectivity index (χ0n) is 10.4. The maximum absolute atomic E-state index is 11.3. The second-order valence-corrected chi connectivity index (χ2v) is 4.57. The SMILES string of the molecule is CC(C)NC(=O)CNC(=O)CNCC1CC1.Cl. The van der Waals surface area contributed by atoms with Crippen LogP contribution in [0.5, 0.6) is 0 Å². The highest BCUT2D eigenvalue weighted by Gasteiger charge is 2.20. The molecule has 3 N–H and O–H groups in total. The first-order valence-electron chi connectivity index (χ1n) is 5.84. The number of hydrogen-bond acceptors (Lipinski definition) is 3. The van der Waals surface area contributed by atoms with Crippen LogP contribution in [0.4, 0.5) is 0 Å². The summed E-state index contributed by atoms with van der Waals surface area (Å²) in [5, 5.41) is 8.34. The highest BCUT2D eigenvalue weighted by molar-refractivity contribution is 5.85. The minimum atomic E-state index is -0.148. The Morgan fingerprint density at radius 2 is 1.82 bits per heavy atom. The minimum Gasteiger partial charge on any atom is -0.352 e. The van der Waals surface area contributed by atoms with Crippen molar-refractivity contribution in [1.29, 1.82) is 0 Å². The van der Waals surface area contributed by atoms with Crippen molar-refractivity contribution in [3.8, 4) is 0 Å². The number of halogens is 1. The van der Waals surface area contributed by atoms with Gasteiger partial charge in [0.2, 0.25) is 11.8 Å². The molecule has 0 spiro atoms. The molecule has 100 valence electrons. The van der Waals surface area contributed by atoms with Crippen molar-refractivity contribution < 1.29 is 9.59 Å². The van der Waals surface area contributed by atoms with E-state index in [2.05, 4.69) is 16.0 Å². The summed E-state index contributed by atoms with van der Waals surface area (Å²) in [6.07, 6.45) is 2.54. The van der Waals surface area contributed by atoms with Crippen LogP contribution in [0, 0.1) is 5.92 Å². The van der Waals surface area contributed by atoms with Crippen molar-refractivity contribution in [2.75, 3.05) is 19.6 Å². The number of carbonyl (C=O) groups excluding carboxylic acids is 2. The van der Waals surface area contributed by atoms with E-state index in [-0.39, 0.29) is 36.8 Å². The summed E-state index contributed by atoms with van der Waals surface area (Å²) in [6.45, 7) is 5.03. The number of rotatable bonds is 7. The summed E-state index contributed by atoms with van der Waals surface area (Å²) in [5.41, 5.74) is 0. The van der Waals surface area contributed by atoms with E-state index in [0.717, 1.165) is 12.5 Å². The first-order valence-corrected chi connectivity index (χ1v) is 5.84. The Labute approximate surface area is 109 Å². The van der Waals surface area contributed by atoms with Gasteiger partial charge in [0.1, 0.15) is 0 Å². The van der Waals surface area contributed by atoms with Crippen molar-refractivity contribution in [3.63, 3.8) is 0 Å². The number of carbonyl (C=O) groups is 2. The molecule has 1 rings (SSSR count). The molecule has 2 amide bonds. The molecule has 1 aliphatic carbocycles. The molecule has 1 fully saturated rings. The van der Waals surface area contributed by atoms with Gasteiger partial charge >= 0.3 is 0 Å². The standard InChI is InChI=1S/C11H21N3O2.ClH/c1-8(2)14-11(16)7-13-10(15)6-12-5-9-3-4-9;/h8-9,12H,3-7H2,1-2H3,(H,13,15)(H,14,16);1H. The molecular weight excluding hydrogens is 242 g/mol. The molecule has 5 nitrogen and oxygen atoms in total. The Hall–Kier alpha value is -0.810. The van der Waals surface area contributed by atoms with Crippen molar-refractivity contribution in [2.45, 2.75) is 32.7 Å². The molecule has 0 unspecified atom stereocenters. The van der Waals surface area contributed by atoms with E-state index in [1.165, 1.54) is 12.8 Å². The Morgan fingerprint density at radius 1 is 1.18 bits per heavy atom. The van der Waals surface area contributed by atoms with Crippen LogP contribution < -0.4 is 16.0 Å². The van der Waals surface area contributed by atoms with Crippen molar-refractivity contribution in [1.82, 2.24) is 16.0 Å². The van der Waals surface area contributed by atoms with Crippen molar-refractivity contribution in [3.05, 3.63) is 0 Å². The summed E-state index contributed by atoms with van der Waals surface area (Å²) in [7, 11) is 0. The quantitative estimate of drug-likeness (QED) is 0.608. The molecule has 0 aromatic heterocycles. The third kappa shape index (κ3) is 8.94. The Morgan fingerprint density at radius 3 is 2.35 bits per heavy atom. The fourth-order valence-corrected chi connectivity index (χ4v) is 1.33. The Kier molecular flexibility index (Phi) is 7.91. The van der Waals surface area contributed by atoms with Gasteiger partial charge in [0, 0.05) is 6.04 Å². The van der Waals surface area contributed by atoms with Gasteiger partial charge in [-0.15, -0.1) is 12.4 Å². The van der Waals surface area contributed by atoms with Gasteiger partial charge in [0.05, 0.1) is 13.1 Å². The van der Waals surface area contributed by atoms with E-state index in [9.17, 15) is 9.59 Å². The molecule has 0 aliphatic heterocycles. The lowest BCUT2D eigenvalue weighted by molar-refractivity contribution is -0.125. The third-order valence-electron chi connectivity index (χ3n) is 2.31. The smallest absolute Gasteiger partial charge is 0.239 e. The zero-order valence-corrected chi connectivity index (χ0v) is 11.2. The van der Waals surface area contributed by atoms with E-state index < -0.39 is 0 Å². The molecule has 0 bridgehead atoms. The molecule has 0 aromatic carbocycles. The minimum absolute atomic E-state index is 0. The number of nitrogens with one attached hydrogen (secondary N) is 3. The van der Waals surface area contributed by atoms with E-state index in [1.54, 1.807) is 0 Å². The summed E-state index contributed by atoms with van der Waals surface area (Å²) in [5.74, 6) is 0.488. The maximum Gasteiger partial charge on any atom is 0.239 e. The highest BCUT2D eigenvalue weighted by Crippen LogP contribution is 2.27. The molecule has 17 heavy (non-hydrogen) atoms. The van der Waals surface area contributed by atoms with Gasteiger partial charge < -0.3 is 16.0 Å². The van der Waals surface area contributed by atoms with Gasteiger partial charge in [0.25, 0.3) is 0 Å². The van der Waals surface area contributed by atoms with E-state index in [4.69, 9.17) is 0 Å². The van der Waals surface area contributed by atoms with Gasteiger partial charge in [-0.25, -0.2) is 0 Å². The summed E-state index contributed by atoms with van der Waals surface area (Å²) >= 11 is 0. The lowest BCUT2D eigenvalue weighted by Crippen LogP contribution is -2.42. The average Bonchev–Trinajstić information content (AvgIpc) is 2.97. The lowest BCUT2D eigenvalue weighted by Gasteiger charge is -2.09. The topological polar surface area (TPSA) is 70.2 Å². The van der Waals surface area contributed by atoms with E-state index in [0.29, 0.717) is 6.54 Å². The van der Waals surface area contributed by atoms with Crippen LogP contribution in [0.15, 0.2) is 0 Å². The van der Waals surface area contributed by atoms with Gasteiger partial charge in [-0.1, -0.05) is 0 Å². The first kappa shape index (κ1) is 16.2. The predicted octanol–water partition coefficient (Wildman–Crippen LogP) is 0.0486. The molecule has 0 aromatic rings. The van der Waals surface area contributed by atoms with Crippen molar-refractivity contribution >= 4 is 24.2 Å². The zero-order chi connectivity index (χ0) is 12.0. The van der Waals surface area contributed by atoms with Crippen LogP contribution in [0.2, 0.25) is 0 Å². The average molecular weight is 264 g/mol. The molecule has 0 saturated heterocycles. The van der Waals surface area contributed by atoms with Gasteiger partial charge in [-0.05, 0) is 39.2 Å². The van der Waals surface area contributed by atoms with Crippen LogP contribution in [-0.4, -0.2) is 37.5 Å². The lowest BCUT2D eigenvalue weighted by atomic mass is 10.4. The van der Waals surface area contributed by atoms with Crippen molar-refractivity contribution in [2.24, 2.45) is 5.92 Å². The van der Waals surface area contributed by atoms with Crippen LogP contribution in [0.3, 0.4) is 0 Å². The van der Waals surface area contributed by atoms with Crippen LogP contribution in [-0.2, 0) is 9.59 Å². The second kappa shape index (κ2) is 8.31. The monoisotopic (exact) mass is 263 g/mol. The Bertz CT molecular complexity index is 255. The fraction of sp³-hybridized carbons (Fsp3) is 0.818. The highest BCUT2D eigenvalue weighted by atomic mass is 35.5. The normalized spacial score (nSPS) is 14.1. The van der Waals surface area contributed by atoms with Gasteiger partial charge in [-0.3, -0.25) is 9.59 Å². The van der Waals surface area contributed by atoms with Crippen LogP contribution in [0.1, 0.15) is 26.7 Å². The molecule has 0 radical (unpaired) electrons. The van der Waals surface area contributed by atoms with E-state index in [1.807, 2.05) is 13.8 Å². The summed E-state index contributed by atoms with van der Waals surface area (Å²) < 4.78 is 0. The van der Waals surface area contributed by atoms with Crippen LogP contribution >= 0.6 is 12.4 Å². The molecular formula is C11H22ClN3O2. The first-order chi connectivity index (χ1) is 7.58. The van der Waals surface area contributed by atoms with E-state index >= 15 is 0 Å². The number of hydrogen-bond donors (Lipinski definition) is 3. The second-order valence-electron chi connectivity index (χ2n) is 4.57. The Balaban J connectivity index is 0.00000256. The van der Waals surface area contributed by atoms with Crippen LogP contribution in [0.25, 0.3) is 0 Å². The molecule has 1 saturated carbocycles. The third-order valence-corrected chi connectivity index (χ3v) is 2.31. The molecule has 0 heterocycles. The molecule has 1 aliphatic rings. The predicted molar refractivity (Wildman–Crippen MR) is 69.1 cm³/mol. The largest absolute Gasteiger partial charge is 0.352 e. The maximum atomic E-state index is 11.3. The summed E-state index contributed by atoms with van der Waals surface area (Å²) in [4.78, 5) is 22.5. The summed E-state index contributed by atoms with van der Waals surface area (Å²) in [6, 6.07) is 0.109. The van der Waals surface area contributed by atoms with Gasteiger partial charge in [-0.2, -0.15) is 0 Å².